The molecule has 81 heavy (non-hydrogen) atoms. The summed E-state index contributed by atoms with van der Waals surface area (Å²) in [5.41, 5.74) is 8.33. The maximum absolute atomic E-state index is 16.4. The fourth-order valence-electron chi connectivity index (χ4n) is 18.8. The van der Waals surface area contributed by atoms with Gasteiger partial charge in [0.2, 0.25) is 5.78 Å². The Morgan fingerprint density at radius 3 is 2.68 bits per heavy atom. The Bertz CT molecular complexity index is 2990. The van der Waals surface area contributed by atoms with E-state index in [0.29, 0.717) is 61.1 Å². The predicted octanol–water partition coefficient (Wildman–Crippen LogP) is 7.33. The second kappa shape index (κ2) is 21.1. The van der Waals surface area contributed by atoms with Crippen molar-refractivity contribution in [3.8, 4) is 0 Å². The van der Waals surface area contributed by atoms with Gasteiger partial charge in [0.1, 0.15) is 11.9 Å². The van der Waals surface area contributed by atoms with Crippen LogP contribution in [0.5, 0.6) is 0 Å². The molecule has 5 fully saturated rings. The molecule has 16 atom stereocenters. The highest BCUT2D eigenvalue weighted by atomic mass is 16.7. The molecule has 1 aromatic rings. The Morgan fingerprint density at radius 1 is 1.00 bits per heavy atom. The summed E-state index contributed by atoms with van der Waals surface area (Å²) in [6.45, 7) is 8.81. The number of nitrogens with zero attached hydrogens (tertiary/aromatic N) is 1. The summed E-state index contributed by atoms with van der Waals surface area (Å²) in [6, 6.07) is 5.69. The molecule has 1 spiro atoms. The monoisotopic (exact) mass is 1100 g/mol. The lowest BCUT2D eigenvalue weighted by molar-refractivity contribution is -0.183. The molecular weight excluding hydrogens is 1010 g/mol. The molecule has 6 aliphatic carbocycles. The molecule has 7 aliphatic heterocycles. The quantitative estimate of drug-likeness (QED) is 0.0486. The van der Waals surface area contributed by atoms with Gasteiger partial charge in [0.05, 0.1) is 24.0 Å². The third-order valence-electron chi connectivity index (χ3n) is 22.2. The van der Waals surface area contributed by atoms with Gasteiger partial charge in [-0.1, -0.05) is 86.9 Å². The summed E-state index contributed by atoms with van der Waals surface area (Å²) in [7, 11) is 3.80. The number of esters is 1. The van der Waals surface area contributed by atoms with Crippen LogP contribution in [-0.4, -0.2) is 109 Å². The maximum Gasteiger partial charge on any atom is 0.350 e. The Hall–Kier alpha value is -5.32. The number of hydrogen-bond acceptors (Lipinski definition) is 13. The maximum atomic E-state index is 16.4. The van der Waals surface area contributed by atoms with E-state index >= 15 is 14.4 Å². The largest absolute Gasteiger partial charge is 0.459 e. The van der Waals surface area contributed by atoms with E-state index in [4.69, 9.17) is 15.2 Å². The molecule has 10 N–H and O–H groups in total. The number of Topliss-reactive ketones (excluding diaryl/α,β-unsaturated/α-hetero) is 2. The van der Waals surface area contributed by atoms with Crippen LogP contribution in [0, 0.1) is 46.8 Å². The molecule has 0 amide bonds. The first-order valence-electron chi connectivity index (χ1n) is 31.3. The number of allylic oxidation sites excluding steroid dienone is 5. The van der Waals surface area contributed by atoms with Crippen molar-refractivity contribution in [3.63, 3.8) is 0 Å². The SMILES string of the molecule is CCNC12C=C3C=CCC4C5CCCC(C)(CC6=CNC(N)C=C6)Cc6cccc7c6C(=O)C6(OC6(CC=C(C)CC6(C8=CCNC9=C8CCC(NC)N9)CCCNC(=NC)N6)C7=O)C(=O)OC(C6CC(O)CCC6C1)C2C(CC5)C34. The number of carbonyl (C=O) groups is 3. The van der Waals surface area contributed by atoms with Gasteiger partial charge in [-0.15, -0.1) is 0 Å². The molecule has 0 radical (unpaired) electrons. The Kier molecular flexibility index (Phi) is 14.3. The number of dihydropyridines is 2. The number of aliphatic imine (C=N–C) groups is 1. The number of benzene rings is 1. The minimum atomic E-state index is -2.20. The summed E-state index contributed by atoms with van der Waals surface area (Å²) in [5, 5.41) is 37.1. The van der Waals surface area contributed by atoms with E-state index in [9.17, 15) is 5.11 Å². The molecule has 2 saturated heterocycles. The zero-order valence-corrected chi connectivity index (χ0v) is 48.6. The number of fused-ring (bicyclic) bond motifs is 7. The van der Waals surface area contributed by atoms with Crippen molar-refractivity contribution < 1.29 is 29.0 Å². The summed E-state index contributed by atoms with van der Waals surface area (Å²) in [6.07, 6.45) is 31.3. The molecule has 14 rings (SSSR count). The van der Waals surface area contributed by atoms with Crippen molar-refractivity contribution >= 4 is 23.5 Å². The number of hydrogen-bond donors (Lipinski definition) is 9. The number of aliphatic hydroxyl groups excluding tert-OH is 1. The highest BCUT2D eigenvalue weighted by molar-refractivity contribution is 6.33. The van der Waals surface area contributed by atoms with Crippen molar-refractivity contribution in [1.29, 1.82) is 0 Å². The molecule has 13 aliphatic rings. The van der Waals surface area contributed by atoms with Gasteiger partial charge in [-0.25, -0.2) is 4.79 Å². The van der Waals surface area contributed by atoms with Crippen LogP contribution in [0.1, 0.15) is 156 Å². The van der Waals surface area contributed by atoms with Crippen LogP contribution in [0.25, 0.3) is 0 Å². The number of likely N-dealkylation sites (N-methyl/N-ethyl adjacent to an activating group) is 1. The van der Waals surface area contributed by atoms with E-state index < -0.39 is 46.2 Å². The van der Waals surface area contributed by atoms with Gasteiger partial charge < -0.3 is 57.5 Å². The summed E-state index contributed by atoms with van der Waals surface area (Å²) in [4.78, 5) is 53.5. The van der Waals surface area contributed by atoms with Crippen molar-refractivity contribution in [2.75, 3.05) is 33.7 Å². The van der Waals surface area contributed by atoms with Crippen LogP contribution in [0.3, 0.4) is 0 Å². The molecule has 1 aromatic carbocycles. The normalized spacial score (nSPS) is 41.9. The van der Waals surface area contributed by atoms with Crippen LogP contribution in [0.4, 0.5) is 0 Å². The minimum absolute atomic E-state index is 0.0188. The number of guanidine groups is 1. The van der Waals surface area contributed by atoms with E-state index in [1.54, 1.807) is 6.07 Å². The van der Waals surface area contributed by atoms with Gasteiger partial charge in [0.15, 0.2) is 17.3 Å². The molecule has 15 heteroatoms. The standard InChI is InChI=1S/C66H89N9O6/c1-6-73-64-35-41-17-19-44(76)31-49(41)56-55(64)47-20-18-40(45-14-7-12-43(36-64)53(45)47)13-9-26-62(3,33-39-16-22-51(67)72-37-39)34-42-11-8-15-48-54(42)58(78)66(60(79)80-56)65(81-66,57(48)77)28-24-38(2)32-63(27-10-29-71-61(69-5)75-63)50-25-30-70-59-46(50)21-23-52(68-4)74-59/h7-8,11-12,15-16,22,24-25,36-37,40-41,44-45,47,49,51-53,55-56,68,70,72-74,76H,6,9-10,13-14,17-21,23,26-35,67H2,1-5H3,(H2,69,71,75). The molecule has 3 saturated carbocycles. The summed E-state index contributed by atoms with van der Waals surface area (Å²) in [5.74, 6) is 1.71. The highest BCUT2D eigenvalue weighted by Gasteiger charge is 2.86. The first-order valence-corrected chi connectivity index (χ1v) is 31.3. The van der Waals surface area contributed by atoms with Crippen molar-refractivity contribution in [2.45, 2.75) is 183 Å². The minimum Gasteiger partial charge on any atom is -0.459 e. The van der Waals surface area contributed by atoms with Crippen molar-refractivity contribution in [1.82, 2.24) is 37.2 Å². The molecule has 434 valence electrons. The molecular formula is C66H89N9O6. The van der Waals surface area contributed by atoms with E-state index in [1.807, 2.05) is 38.5 Å². The first-order chi connectivity index (χ1) is 39.2. The summed E-state index contributed by atoms with van der Waals surface area (Å²) >= 11 is 0. The third-order valence-corrected chi connectivity index (χ3v) is 22.2. The Morgan fingerprint density at radius 2 is 1.86 bits per heavy atom. The fourth-order valence-corrected chi connectivity index (χ4v) is 18.8. The second-order valence-electron chi connectivity index (χ2n) is 27.1. The number of ketones is 2. The zero-order valence-electron chi connectivity index (χ0n) is 48.6. The van der Waals surface area contributed by atoms with E-state index in [1.165, 1.54) is 16.7 Å². The zero-order chi connectivity index (χ0) is 56.1. The summed E-state index contributed by atoms with van der Waals surface area (Å²) < 4.78 is 14.3. The van der Waals surface area contributed by atoms with E-state index in [2.05, 4.69) is 99.4 Å². The number of epoxide rings is 1. The highest BCUT2D eigenvalue weighted by Crippen LogP contribution is 2.64. The van der Waals surface area contributed by atoms with Crippen LogP contribution in [-0.2, 0) is 20.7 Å². The van der Waals surface area contributed by atoms with Crippen LogP contribution in [0.2, 0.25) is 0 Å². The van der Waals surface area contributed by atoms with Crippen LogP contribution < -0.4 is 43.0 Å². The van der Waals surface area contributed by atoms with Gasteiger partial charge in [-0.2, -0.15) is 0 Å². The molecule has 15 nitrogen and oxygen atoms in total. The average molecular weight is 1100 g/mol. The number of rotatable bonds is 10. The lowest BCUT2D eigenvalue weighted by atomic mass is 9.46. The average Bonchev–Trinajstić information content (AvgIpc) is 1.69. The van der Waals surface area contributed by atoms with Crippen LogP contribution in [0.15, 0.2) is 106 Å². The van der Waals surface area contributed by atoms with Gasteiger partial charge in [-0.05, 0) is 186 Å². The molecule has 6 bridgehead atoms. The first kappa shape index (κ1) is 54.9. The van der Waals surface area contributed by atoms with E-state index in [-0.39, 0.29) is 53.6 Å². The molecule has 0 aromatic heterocycles. The van der Waals surface area contributed by atoms with E-state index in [0.717, 1.165) is 125 Å². The van der Waals surface area contributed by atoms with Gasteiger partial charge in [0, 0.05) is 61.3 Å². The lowest BCUT2D eigenvalue weighted by Crippen LogP contribution is -2.68. The fraction of sp³-hybridized carbons (Fsp3) is 0.636. The third kappa shape index (κ3) is 9.15. The van der Waals surface area contributed by atoms with Crippen LogP contribution >= 0.6 is 0 Å². The Labute approximate surface area is 479 Å². The van der Waals surface area contributed by atoms with Gasteiger partial charge in [-0.3, -0.25) is 14.6 Å². The number of aliphatic hydroxyl groups is 1. The topological polar surface area (TPSA) is 216 Å². The van der Waals surface area contributed by atoms with Crippen molar-refractivity contribution in [3.05, 3.63) is 117 Å². The number of ether oxygens (including phenoxy) is 2. The van der Waals surface area contributed by atoms with Gasteiger partial charge >= 0.3 is 5.97 Å². The number of carbonyl (C=O) groups excluding carboxylic acids is 3. The second-order valence-corrected chi connectivity index (χ2v) is 27.1. The smallest absolute Gasteiger partial charge is 0.350 e. The van der Waals surface area contributed by atoms with Gasteiger partial charge in [0.25, 0.3) is 5.60 Å². The van der Waals surface area contributed by atoms with Crippen molar-refractivity contribution in [2.24, 2.45) is 57.6 Å². The predicted molar refractivity (Wildman–Crippen MR) is 314 cm³/mol. The lowest BCUT2D eigenvalue weighted by Gasteiger charge is -2.63. The Balaban J connectivity index is 0.931. The molecule has 16 unspecified atom stereocenters. The molecule has 7 heterocycles. The number of nitrogens with two attached hydrogens (primary N) is 1. The number of nitrogens with one attached hydrogen (secondary N) is 7.